The maximum absolute atomic E-state index is 12.8. The van der Waals surface area contributed by atoms with Crippen molar-refractivity contribution in [1.29, 1.82) is 0 Å². The van der Waals surface area contributed by atoms with E-state index in [9.17, 15) is 24.3 Å². The molecule has 0 saturated heterocycles. The second-order valence-corrected chi connectivity index (χ2v) is 10.1. The third-order valence-electron chi connectivity index (χ3n) is 6.52. The number of carbonyl (C=O) groups is 3. The zero-order valence-electron chi connectivity index (χ0n) is 24.2. The van der Waals surface area contributed by atoms with Crippen molar-refractivity contribution in [2.24, 2.45) is 0 Å². The van der Waals surface area contributed by atoms with Gasteiger partial charge in [0.2, 0.25) is 0 Å². The number of nitrogens with zero attached hydrogens (tertiary/aromatic N) is 2. The Balaban J connectivity index is 1.29. The van der Waals surface area contributed by atoms with Gasteiger partial charge in [-0.25, -0.2) is 14.4 Å². The first kappa shape index (κ1) is 31.3. The number of aryl methyl sites for hydroxylation is 1. The highest BCUT2D eigenvalue weighted by Crippen LogP contribution is 2.14. The van der Waals surface area contributed by atoms with Gasteiger partial charge in [0.25, 0.3) is 0 Å². The van der Waals surface area contributed by atoms with Crippen molar-refractivity contribution in [3.63, 3.8) is 0 Å². The molecule has 3 aromatic carbocycles. The molecule has 0 bridgehead atoms. The number of benzene rings is 3. The van der Waals surface area contributed by atoms with Crippen molar-refractivity contribution < 1.29 is 24.2 Å². The minimum absolute atomic E-state index is 0.0246. The number of hydrogen-bond acceptors (Lipinski definition) is 7. The van der Waals surface area contributed by atoms with Crippen molar-refractivity contribution in [3.05, 3.63) is 124 Å². The van der Waals surface area contributed by atoms with E-state index in [1.54, 1.807) is 37.4 Å². The normalized spacial score (nSPS) is 11.2. The Morgan fingerprint density at radius 2 is 1.52 bits per heavy atom. The van der Waals surface area contributed by atoms with Crippen molar-refractivity contribution in [1.82, 2.24) is 20.2 Å². The summed E-state index contributed by atoms with van der Waals surface area (Å²) in [6.07, 6.45) is 0.362. The van der Waals surface area contributed by atoms with Crippen LogP contribution in [0.3, 0.4) is 0 Å². The summed E-state index contributed by atoms with van der Waals surface area (Å²) in [6, 6.07) is 24.7. The molecule has 1 aromatic heterocycles. The first-order chi connectivity index (χ1) is 21.2. The molecule has 0 radical (unpaired) electrons. The molecule has 0 unspecified atom stereocenters. The number of carboxylic acids is 1. The molecule has 12 heteroatoms. The number of anilines is 2. The Morgan fingerprint density at radius 3 is 2.18 bits per heavy atom. The van der Waals surface area contributed by atoms with Gasteiger partial charge in [-0.1, -0.05) is 72.8 Å². The van der Waals surface area contributed by atoms with Gasteiger partial charge in [0, 0.05) is 37.1 Å². The highest BCUT2D eigenvalue weighted by Gasteiger charge is 2.19. The number of rotatable bonds is 13. The molecule has 3 amide bonds. The zero-order chi connectivity index (χ0) is 31.3. The summed E-state index contributed by atoms with van der Waals surface area (Å²) in [7, 11) is 0. The van der Waals surface area contributed by atoms with Crippen LogP contribution in [0.1, 0.15) is 28.7 Å². The summed E-state index contributed by atoms with van der Waals surface area (Å²) in [6.45, 7) is 2.47. The molecule has 5 N–H and O–H groups in total. The van der Waals surface area contributed by atoms with E-state index in [0.29, 0.717) is 30.2 Å². The summed E-state index contributed by atoms with van der Waals surface area (Å²) < 4.78 is 6.46. The first-order valence-electron chi connectivity index (χ1n) is 13.9. The van der Waals surface area contributed by atoms with Gasteiger partial charge in [0.05, 0.1) is 12.5 Å². The molecule has 0 fully saturated rings. The van der Waals surface area contributed by atoms with E-state index in [2.05, 4.69) is 26.3 Å². The van der Waals surface area contributed by atoms with Gasteiger partial charge in [-0.2, -0.15) is 4.98 Å². The van der Waals surface area contributed by atoms with Gasteiger partial charge in [0.15, 0.2) is 0 Å². The van der Waals surface area contributed by atoms with Crippen LogP contribution < -0.4 is 27.0 Å². The molecule has 12 nitrogen and oxygen atoms in total. The SMILES string of the molecule is Cc1cn(C[C@@H](CC(=O)O)NC(=O)OCc2ccccc2)c(=O)nc1NCc1ccc(NC(=O)NCc2ccccc2)cc1. The van der Waals surface area contributed by atoms with Gasteiger partial charge in [-0.05, 0) is 35.7 Å². The number of urea groups is 1. The highest BCUT2D eigenvalue weighted by atomic mass is 16.5. The van der Waals surface area contributed by atoms with Crippen LogP contribution in [0.15, 0.2) is 95.9 Å². The van der Waals surface area contributed by atoms with E-state index >= 15 is 0 Å². The molecule has 1 atom stereocenters. The summed E-state index contributed by atoms with van der Waals surface area (Å²) in [4.78, 5) is 52.8. The van der Waals surface area contributed by atoms with Crippen LogP contribution in [0.5, 0.6) is 0 Å². The van der Waals surface area contributed by atoms with Crippen molar-refractivity contribution >= 4 is 29.6 Å². The maximum atomic E-state index is 12.8. The standard InChI is InChI=1S/C32H34N6O6/c1-22-19-38(20-27(16-28(39)40)36-32(43)44-21-25-10-6-3-7-11-25)31(42)37-29(22)33-17-24-12-14-26(15-13-24)35-30(41)34-18-23-8-4-2-5-9-23/h2-15,19,27H,16-18,20-21H2,1H3,(H,36,43)(H,39,40)(H,33,37,42)(H2,34,35,41)/t27-/m1/s1. The number of amides is 3. The monoisotopic (exact) mass is 598 g/mol. The summed E-state index contributed by atoms with van der Waals surface area (Å²) in [5, 5.41) is 20.6. The topological polar surface area (TPSA) is 164 Å². The number of ether oxygens (including phenoxy) is 1. The van der Waals surface area contributed by atoms with E-state index in [1.165, 1.54) is 4.57 Å². The van der Waals surface area contributed by atoms with Crippen molar-refractivity contribution in [2.75, 3.05) is 10.6 Å². The summed E-state index contributed by atoms with van der Waals surface area (Å²) in [5.41, 5.74) is 3.35. The molecule has 0 aliphatic heterocycles. The molecule has 0 spiro atoms. The third-order valence-corrected chi connectivity index (χ3v) is 6.52. The fourth-order valence-corrected chi connectivity index (χ4v) is 4.29. The molecule has 4 aromatic rings. The van der Waals surface area contributed by atoms with Crippen LogP contribution in [0.2, 0.25) is 0 Å². The number of carbonyl (C=O) groups excluding carboxylic acids is 2. The predicted octanol–water partition coefficient (Wildman–Crippen LogP) is 4.26. The van der Waals surface area contributed by atoms with Crippen molar-refractivity contribution in [2.45, 2.75) is 45.6 Å². The molecule has 4 rings (SSSR count). The lowest BCUT2D eigenvalue weighted by molar-refractivity contribution is -0.137. The van der Waals surface area contributed by atoms with E-state index in [1.807, 2.05) is 60.7 Å². The second-order valence-electron chi connectivity index (χ2n) is 10.1. The van der Waals surface area contributed by atoms with Crippen LogP contribution in [0.25, 0.3) is 0 Å². The predicted molar refractivity (Wildman–Crippen MR) is 165 cm³/mol. The average Bonchev–Trinajstić information content (AvgIpc) is 3.01. The minimum Gasteiger partial charge on any atom is -0.481 e. The number of aliphatic carboxylic acids is 1. The molecule has 0 saturated carbocycles. The number of nitrogens with one attached hydrogen (secondary N) is 4. The molecule has 1 heterocycles. The smallest absolute Gasteiger partial charge is 0.407 e. The quantitative estimate of drug-likeness (QED) is 0.152. The Hall–Kier alpha value is -5.65. The minimum atomic E-state index is -1.14. The Bertz CT molecular complexity index is 1610. The third kappa shape index (κ3) is 10.0. The lowest BCUT2D eigenvalue weighted by Crippen LogP contribution is -2.42. The van der Waals surface area contributed by atoms with Gasteiger partial charge < -0.3 is 31.1 Å². The van der Waals surface area contributed by atoms with E-state index < -0.39 is 30.2 Å². The molecule has 0 aliphatic carbocycles. The molecular weight excluding hydrogens is 564 g/mol. The lowest BCUT2D eigenvalue weighted by atomic mass is 10.2. The largest absolute Gasteiger partial charge is 0.481 e. The summed E-state index contributed by atoms with van der Waals surface area (Å²) >= 11 is 0. The Labute approximate surface area is 254 Å². The first-order valence-corrected chi connectivity index (χ1v) is 13.9. The molecule has 228 valence electrons. The van der Waals surface area contributed by atoms with Gasteiger partial charge in [0.1, 0.15) is 12.4 Å². The van der Waals surface area contributed by atoms with Gasteiger partial charge in [-0.15, -0.1) is 0 Å². The molecule has 0 aliphatic rings. The fourth-order valence-electron chi connectivity index (χ4n) is 4.29. The van der Waals surface area contributed by atoms with Crippen LogP contribution in [0.4, 0.5) is 21.1 Å². The molecular formula is C32H34N6O6. The highest BCUT2D eigenvalue weighted by molar-refractivity contribution is 5.89. The maximum Gasteiger partial charge on any atom is 0.407 e. The number of carboxylic acid groups (broad SMARTS) is 1. The van der Waals surface area contributed by atoms with E-state index in [0.717, 1.165) is 16.7 Å². The van der Waals surface area contributed by atoms with Gasteiger partial charge in [-0.3, -0.25) is 9.36 Å². The van der Waals surface area contributed by atoms with Crippen molar-refractivity contribution in [3.8, 4) is 0 Å². The van der Waals surface area contributed by atoms with Gasteiger partial charge >= 0.3 is 23.8 Å². The molecule has 44 heavy (non-hydrogen) atoms. The van der Waals surface area contributed by atoms with Crippen LogP contribution >= 0.6 is 0 Å². The van der Waals surface area contributed by atoms with Crippen LogP contribution in [-0.2, 0) is 35.8 Å². The van der Waals surface area contributed by atoms with E-state index in [-0.39, 0.29) is 19.2 Å². The fraction of sp³-hybridized carbons (Fsp3) is 0.219. The van der Waals surface area contributed by atoms with E-state index in [4.69, 9.17) is 4.74 Å². The number of aromatic nitrogens is 2. The Kier molecular flexibility index (Phi) is 11.1. The Morgan fingerprint density at radius 1 is 0.886 bits per heavy atom. The van der Waals surface area contributed by atoms with Crippen LogP contribution in [-0.4, -0.2) is 38.8 Å². The zero-order valence-corrected chi connectivity index (χ0v) is 24.2. The second kappa shape index (κ2) is 15.5. The summed E-state index contributed by atoms with van der Waals surface area (Å²) in [5.74, 6) is -0.762. The number of alkyl carbamates (subject to hydrolysis) is 1. The van der Waals surface area contributed by atoms with Crippen LogP contribution in [0, 0.1) is 6.92 Å². The average molecular weight is 599 g/mol. The number of hydrogen-bond donors (Lipinski definition) is 5. The lowest BCUT2D eigenvalue weighted by Gasteiger charge is -2.19.